The molecule has 0 aliphatic carbocycles. The normalized spacial score (nSPS) is 10.8. The molecule has 29 heavy (non-hydrogen) atoms. The summed E-state index contributed by atoms with van der Waals surface area (Å²) < 4.78 is 1.51. The number of nitrogens with zero attached hydrogens (tertiary/aromatic N) is 2. The second kappa shape index (κ2) is 8.62. The van der Waals surface area contributed by atoms with Gasteiger partial charge in [-0.3, -0.25) is 14.2 Å². The van der Waals surface area contributed by atoms with E-state index in [1.165, 1.54) is 40.2 Å². The molecule has 0 aliphatic heterocycles. The predicted octanol–water partition coefficient (Wildman–Crippen LogP) is 2.36. The highest BCUT2D eigenvalue weighted by Gasteiger charge is 2.17. The first-order valence-corrected chi connectivity index (χ1v) is 10.5. The van der Waals surface area contributed by atoms with Crippen LogP contribution in [0.1, 0.15) is 20.8 Å². The van der Waals surface area contributed by atoms with Gasteiger partial charge >= 0.3 is 0 Å². The first kappa shape index (κ1) is 20.8. The van der Waals surface area contributed by atoms with E-state index in [1.807, 2.05) is 13.8 Å². The number of carboxylic acids is 1. The van der Waals surface area contributed by atoms with Gasteiger partial charge in [0.25, 0.3) is 5.56 Å². The highest BCUT2D eigenvalue weighted by Crippen LogP contribution is 2.28. The first-order valence-electron chi connectivity index (χ1n) is 8.67. The van der Waals surface area contributed by atoms with E-state index in [4.69, 9.17) is 0 Å². The Morgan fingerprint density at radius 3 is 2.62 bits per heavy atom. The van der Waals surface area contributed by atoms with Crippen molar-refractivity contribution in [3.63, 3.8) is 0 Å². The number of thioether (sulfide) groups is 1. The number of aromatic carboxylic acids is 1. The van der Waals surface area contributed by atoms with Crippen molar-refractivity contribution < 1.29 is 14.7 Å². The summed E-state index contributed by atoms with van der Waals surface area (Å²) in [5, 5.41) is 14.5. The van der Waals surface area contributed by atoms with Crippen molar-refractivity contribution >= 4 is 50.9 Å². The number of amides is 1. The van der Waals surface area contributed by atoms with Crippen LogP contribution in [0, 0.1) is 13.8 Å². The van der Waals surface area contributed by atoms with Crippen molar-refractivity contribution in [1.29, 1.82) is 0 Å². The zero-order valence-electron chi connectivity index (χ0n) is 15.9. The molecule has 0 unspecified atom stereocenters. The van der Waals surface area contributed by atoms with Gasteiger partial charge in [-0.1, -0.05) is 30.0 Å². The second-order valence-electron chi connectivity index (χ2n) is 6.26. The molecule has 9 heteroatoms. The zero-order valence-corrected chi connectivity index (χ0v) is 17.5. The number of thiophene rings is 1. The third-order valence-electron chi connectivity index (χ3n) is 4.30. The Morgan fingerprint density at radius 1 is 1.31 bits per heavy atom. The molecule has 0 atom stereocenters. The molecule has 1 aromatic carbocycles. The molecule has 0 radical (unpaired) electrons. The molecule has 0 bridgehead atoms. The molecule has 0 saturated carbocycles. The summed E-state index contributed by atoms with van der Waals surface area (Å²) in [5.41, 5.74) is 1.29. The van der Waals surface area contributed by atoms with Crippen LogP contribution in [0.15, 0.2) is 46.9 Å². The Kier molecular flexibility index (Phi) is 6.19. The third kappa shape index (κ3) is 4.41. The van der Waals surface area contributed by atoms with Gasteiger partial charge in [0.05, 0.1) is 17.1 Å². The smallest absolute Gasteiger partial charge is 0.263 e. The fourth-order valence-electron chi connectivity index (χ4n) is 2.73. The fourth-order valence-corrected chi connectivity index (χ4v) is 4.60. The molecule has 0 spiro atoms. The summed E-state index contributed by atoms with van der Waals surface area (Å²) in [4.78, 5) is 42.3. The average molecular weight is 429 g/mol. The maximum absolute atomic E-state index is 12.9. The van der Waals surface area contributed by atoms with Crippen LogP contribution < -0.4 is 16.0 Å². The van der Waals surface area contributed by atoms with Crippen molar-refractivity contribution in [3.05, 3.63) is 63.3 Å². The van der Waals surface area contributed by atoms with Crippen molar-refractivity contribution in [2.45, 2.75) is 25.5 Å². The highest BCUT2D eigenvalue weighted by atomic mass is 32.2. The highest BCUT2D eigenvalue weighted by molar-refractivity contribution is 7.99. The van der Waals surface area contributed by atoms with Crippen molar-refractivity contribution in [3.8, 4) is 0 Å². The van der Waals surface area contributed by atoms with Gasteiger partial charge in [-0.2, -0.15) is 0 Å². The van der Waals surface area contributed by atoms with Crippen LogP contribution in [0.2, 0.25) is 0 Å². The van der Waals surface area contributed by atoms with Gasteiger partial charge < -0.3 is 15.2 Å². The average Bonchev–Trinajstić information content (AvgIpc) is 2.97. The second-order valence-corrected chi connectivity index (χ2v) is 8.41. The van der Waals surface area contributed by atoms with Crippen LogP contribution in [0.25, 0.3) is 10.2 Å². The zero-order chi connectivity index (χ0) is 21.1. The van der Waals surface area contributed by atoms with E-state index < -0.39 is 5.97 Å². The lowest BCUT2D eigenvalue weighted by molar-refractivity contribution is -0.255. The number of carbonyl (C=O) groups is 2. The molecule has 7 nitrogen and oxygen atoms in total. The standard InChI is InChI=1S/C20H19N3O4S2/c1-4-9-23-18(25)16-11(2)12(3)29-17(16)22-20(23)28-10-15(24)21-14-7-5-13(6-8-14)19(26)27/h4-8H,1,9-10H2,2-3H3,(H,21,24)(H,26,27)/p-1. The van der Waals surface area contributed by atoms with Crippen LogP contribution in [-0.2, 0) is 11.3 Å². The molecule has 0 aliphatic rings. The van der Waals surface area contributed by atoms with Crippen molar-refractivity contribution in [2.24, 2.45) is 0 Å². The number of nitrogens with one attached hydrogen (secondary N) is 1. The van der Waals surface area contributed by atoms with E-state index >= 15 is 0 Å². The van der Waals surface area contributed by atoms with Crippen LogP contribution in [0.4, 0.5) is 5.69 Å². The van der Waals surface area contributed by atoms with Gasteiger partial charge in [-0.05, 0) is 37.1 Å². The topological polar surface area (TPSA) is 104 Å². The molecule has 0 fully saturated rings. The van der Waals surface area contributed by atoms with Crippen LogP contribution in [-0.4, -0.2) is 27.2 Å². The SMILES string of the molecule is C=CCn1c(SCC(=O)Nc2ccc(C(=O)[O-])cc2)nc2sc(C)c(C)c2c1=O. The number of aromatic nitrogens is 2. The lowest BCUT2D eigenvalue weighted by Gasteiger charge is -2.11. The number of rotatable bonds is 7. The van der Waals surface area contributed by atoms with E-state index in [1.54, 1.807) is 6.08 Å². The number of fused-ring (bicyclic) bond motifs is 1. The molecule has 0 saturated heterocycles. The van der Waals surface area contributed by atoms with Gasteiger partial charge in [-0.25, -0.2) is 4.98 Å². The quantitative estimate of drug-likeness (QED) is 0.352. The number of carboxylic acid groups (broad SMARTS) is 1. The summed E-state index contributed by atoms with van der Waals surface area (Å²) in [7, 11) is 0. The first-order chi connectivity index (χ1) is 13.8. The summed E-state index contributed by atoms with van der Waals surface area (Å²) in [6, 6.07) is 5.69. The summed E-state index contributed by atoms with van der Waals surface area (Å²) in [6.45, 7) is 7.85. The van der Waals surface area contributed by atoms with Gasteiger partial charge in [0.1, 0.15) is 4.83 Å². The minimum atomic E-state index is -1.28. The molecule has 3 aromatic rings. The van der Waals surface area contributed by atoms with Gasteiger partial charge in [0.2, 0.25) is 5.91 Å². The minimum absolute atomic E-state index is 0.0323. The van der Waals surface area contributed by atoms with Crippen LogP contribution in [0.3, 0.4) is 0 Å². The molecule has 2 heterocycles. The van der Waals surface area contributed by atoms with Crippen molar-refractivity contribution in [1.82, 2.24) is 9.55 Å². The Bertz CT molecular complexity index is 1160. The Balaban J connectivity index is 1.79. The molecule has 2 aromatic heterocycles. The number of hydrogen-bond donors (Lipinski definition) is 1. The summed E-state index contributed by atoms with van der Waals surface area (Å²) in [5.74, 6) is -1.53. The number of benzene rings is 1. The monoisotopic (exact) mass is 428 g/mol. The number of hydrogen-bond acceptors (Lipinski definition) is 7. The Labute approximate surface area is 175 Å². The molecule has 1 amide bonds. The number of aryl methyl sites for hydroxylation is 2. The molecular formula is C20H18N3O4S2-. The largest absolute Gasteiger partial charge is 0.545 e. The molecule has 150 valence electrons. The van der Waals surface area contributed by atoms with E-state index in [9.17, 15) is 19.5 Å². The molecule has 3 rings (SSSR count). The molecule has 1 N–H and O–H groups in total. The van der Waals surface area contributed by atoms with Crippen LogP contribution in [0.5, 0.6) is 0 Å². The van der Waals surface area contributed by atoms with E-state index in [2.05, 4.69) is 16.9 Å². The minimum Gasteiger partial charge on any atom is -0.545 e. The molecular weight excluding hydrogens is 410 g/mol. The van der Waals surface area contributed by atoms with E-state index in [0.29, 0.717) is 27.6 Å². The lowest BCUT2D eigenvalue weighted by atomic mass is 10.2. The number of anilines is 1. The maximum Gasteiger partial charge on any atom is 0.263 e. The van der Waals surface area contributed by atoms with E-state index in [-0.39, 0.29) is 22.8 Å². The van der Waals surface area contributed by atoms with Gasteiger partial charge in [-0.15, -0.1) is 17.9 Å². The van der Waals surface area contributed by atoms with Crippen molar-refractivity contribution in [2.75, 3.05) is 11.1 Å². The summed E-state index contributed by atoms with van der Waals surface area (Å²) in [6.07, 6.45) is 1.62. The third-order valence-corrected chi connectivity index (χ3v) is 6.38. The number of carbonyl (C=O) groups excluding carboxylic acids is 2. The predicted molar refractivity (Wildman–Crippen MR) is 114 cm³/mol. The Hall–Kier alpha value is -2.91. The van der Waals surface area contributed by atoms with Gasteiger partial charge in [0, 0.05) is 17.1 Å². The Morgan fingerprint density at radius 2 is 2.00 bits per heavy atom. The number of allylic oxidation sites excluding steroid dienone is 1. The lowest BCUT2D eigenvalue weighted by Crippen LogP contribution is -2.24. The maximum atomic E-state index is 12.9. The van der Waals surface area contributed by atoms with Gasteiger partial charge in [0.15, 0.2) is 5.16 Å². The van der Waals surface area contributed by atoms with Crippen LogP contribution >= 0.6 is 23.1 Å². The van der Waals surface area contributed by atoms with E-state index in [0.717, 1.165) is 22.2 Å². The summed E-state index contributed by atoms with van der Waals surface area (Å²) >= 11 is 2.62. The fraction of sp³-hybridized carbons (Fsp3) is 0.200.